The van der Waals surface area contributed by atoms with E-state index in [2.05, 4.69) is 10.3 Å². The Morgan fingerprint density at radius 3 is 2.60 bits per heavy atom. The first-order valence-electron chi connectivity index (χ1n) is 7.76. The van der Waals surface area contributed by atoms with Gasteiger partial charge in [0.1, 0.15) is 0 Å². The summed E-state index contributed by atoms with van der Waals surface area (Å²) in [5.41, 5.74) is 0.0967. The second kappa shape index (κ2) is 7.43. The van der Waals surface area contributed by atoms with Crippen LogP contribution in [0.5, 0.6) is 0 Å². The van der Waals surface area contributed by atoms with Crippen molar-refractivity contribution in [2.45, 2.75) is 64.5 Å². The number of aromatic amines is 1. The molecule has 5 nitrogen and oxygen atoms in total. The molecule has 0 saturated heterocycles. The first-order valence-corrected chi connectivity index (χ1v) is 7.76. The summed E-state index contributed by atoms with van der Waals surface area (Å²) in [5, 5.41) is 3.54. The lowest BCUT2D eigenvalue weighted by Crippen LogP contribution is -2.36. The van der Waals surface area contributed by atoms with Crippen LogP contribution in [0.1, 0.15) is 51.0 Å². The molecule has 0 atom stereocenters. The Morgan fingerprint density at radius 2 is 1.95 bits per heavy atom. The topological polar surface area (TPSA) is 66.9 Å². The molecule has 0 aromatic carbocycles. The van der Waals surface area contributed by atoms with Crippen LogP contribution in [-0.2, 0) is 13.0 Å². The van der Waals surface area contributed by atoms with Crippen LogP contribution in [0, 0.1) is 0 Å². The molecule has 0 aliphatic heterocycles. The second-order valence-electron chi connectivity index (χ2n) is 5.60. The largest absolute Gasteiger partial charge is 0.328 e. The molecule has 0 amide bonds. The van der Waals surface area contributed by atoms with Crippen molar-refractivity contribution in [2.24, 2.45) is 0 Å². The minimum absolute atomic E-state index is 0.259. The summed E-state index contributed by atoms with van der Waals surface area (Å²) in [7, 11) is 0. The number of aryl methyl sites for hydroxylation is 1. The molecule has 0 radical (unpaired) electrons. The fourth-order valence-corrected chi connectivity index (χ4v) is 2.85. The van der Waals surface area contributed by atoms with Crippen molar-refractivity contribution in [3.63, 3.8) is 0 Å². The van der Waals surface area contributed by atoms with Gasteiger partial charge in [0, 0.05) is 30.9 Å². The Labute approximate surface area is 119 Å². The molecule has 2 N–H and O–H groups in total. The third-order valence-corrected chi connectivity index (χ3v) is 4.11. The predicted octanol–water partition coefficient (Wildman–Crippen LogP) is 1.41. The van der Waals surface area contributed by atoms with Gasteiger partial charge in [-0.3, -0.25) is 14.3 Å². The van der Waals surface area contributed by atoms with Gasteiger partial charge >= 0.3 is 5.69 Å². The van der Waals surface area contributed by atoms with Crippen molar-refractivity contribution in [2.75, 3.05) is 6.54 Å². The summed E-state index contributed by atoms with van der Waals surface area (Å²) in [6.07, 6.45) is 10.1. The van der Waals surface area contributed by atoms with Crippen LogP contribution in [0.3, 0.4) is 0 Å². The van der Waals surface area contributed by atoms with E-state index in [-0.39, 0.29) is 11.2 Å². The van der Waals surface area contributed by atoms with Crippen LogP contribution in [-0.4, -0.2) is 22.1 Å². The van der Waals surface area contributed by atoms with Crippen LogP contribution >= 0.6 is 0 Å². The SMILES string of the molecule is CCc1cn(CCNC2CCCCCC2)c(=O)[nH]c1=O. The Kier molecular flexibility index (Phi) is 5.59. The molecule has 1 aliphatic rings. The fraction of sp³-hybridized carbons (Fsp3) is 0.733. The molecule has 112 valence electrons. The van der Waals surface area contributed by atoms with E-state index in [1.54, 1.807) is 10.8 Å². The Morgan fingerprint density at radius 1 is 1.25 bits per heavy atom. The Balaban J connectivity index is 1.90. The van der Waals surface area contributed by atoms with E-state index in [4.69, 9.17) is 0 Å². The van der Waals surface area contributed by atoms with Gasteiger partial charge in [-0.1, -0.05) is 32.6 Å². The molecule has 1 heterocycles. The molecule has 20 heavy (non-hydrogen) atoms. The van der Waals surface area contributed by atoms with Gasteiger partial charge in [0.15, 0.2) is 0 Å². The molecule has 0 bridgehead atoms. The molecule has 1 aromatic rings. The van der Waals surface area contributed by atoms with Gasteiger partial charge in [0.05, 0.1) is 0 Å². The second-order valence-corrected chi connectivity index (χ2v) is 5.60. The number of hydrogen-bond acceptors (Lipinski definition) is 3. The van der Waals surface area contributed by atoms with Crippen LogP contribution in [0.25, 0.3) is 0 Å². The molecule has 1 fully saturated rings. The van der Waals surface area contributed by atoms with Crippen molar-refractivity contribution in [1.29, 1.82) is 0 Å². The van der Waals surface area contributed by atoms with Crippen molar-refractivity contribution >= 4 is 0 Å². The van der Waals surface area contributed by atoms with E-state index in [0.717, 1.165) is 6.54 Å². The van der Waals surface area contributed by atoms with Crippen LogP contribution in [0.4, 0.5) is 0 Å². The van der Waals surface area contributed by atoms with Crippen molar-refractivity contribution in [1.82, 2.24) is 14.9 Å². The highest BCUT2D eigenvalue weighted by Gasteiger charge is 2.11. The minimum Gasteiger partial charge on any atom is -0.312 e. The lowest BCUT2D eigenvalue weighted by Gasteiger charge is -2.16. The summed E-state index contributed by atoms with van der Waals surface area (Å²) in [4.78, 5) is 25.6. The summed E-state index contributed by atoms with van der Waals surface area (Å²) < 4.78 is 1.60. The van der Waals surface area contributed by atoms with Crippen molar-refractivity contribution in [3.05, 3.63) is 32.6 Å². The van der Waals surface area contributed by atoms with Gasteiger partial charge in [0.25, 0.3) is 5.56 Å². The zero-order valence-corrected chi connectivity index (χ0v) is 12.3. The van der Waals surface area contributed by atoms with E-state index in [9.17, 15) is 9.59 Å². The predicted molar refractivity (Wildman–Crippen MR) is 80.2 cm³/mol. The van der Waals surface area contributed by atoms with Gasteiger partial charge in [0.2, 0.25) is 0 Å². The zero-order valence-electron chi connectivity index (χ0n) is 12.3. The maximum atomic E-state index is 11.7. The lowest BCUT2D eigenvalue weighted by molar-refractivity contribution is 0.441. The average molecular weight is 279 g/mol. The molecule has 1 aromatic heterocycles. The Hall–Kier alpha value is -1.36. The first kappa shape index (κ1) is 15.0. The van der Waals surface area contributed by atoms with Crippen LogP contribution in [0.2, 0.25) is 0 Å². The van der Waals surface area contributed by atoms with Crippen molar-refractivity contribution in [3.8, 4) is 0 Å². The van der Waals surface area contributed by atoms with E-state index < -0.39 is 0 Å². The summed E-state index contributed by atoms with van der Waals surface area (Å²) in [6.45, 7) is 3.31. The molecular weight excluding hydrogens is 254 g/mol. The molecule has 0 unspecified atom stereocenters. The van der Waals surface area contributed by atoms with E-state index >= 15 is 0 Å². The summed E-state index contributed by atoms with van der Waals surface area (Å²) in [6, 6.07) is 0.585. The molecule has 1 saturated carbocycles. The fourth-order valence-electron chi connectivity index (χ4n) is 2.85. The third kappa shape index (κ3) is 4.07. The van der Waals surface area contributed by atoms with E-state index in [1.165, 1.54) is 38.5 Å². The number of aromatic nitrogens is 2. The zero-order chi connectivity index (χ0) is 14.4. The summed E-state index contributed by atoms with van der Waals surface area (Å²) in [5.74, 6) is 0. The average Bonchev–Trinajstić information content (AvgIpc) is 2.70. The van der Waals surface area contributed by atoms with Gasteiger partial charge in [-0.05, 0) is 19.3 Å². The van der Waals surface area contributed by atoms with E-state index in [0.29, 0.717) is 24.6 Å². The minimum atomic E-state index is -0.310. The highest BCUT2D eigenvalue weighted by atomic mass is 16.2. The van der Waals surface area contributed by atoms with Gasteiger partial charge < -0.3 is 5.32 Å². The van der Waals surface area contributed by atoms with Gasteiger partial charge in [-0.2, -0.15) is 0 Å². The van der Waals surface area contributed by atoms with Crippen molar-refractivity contribution < 1.29 is 0 Å². The number of H-pyrrole nitrogens is 1. The third-order valence-electron chi connectivity index (χ3n) is 4.11. The van der Waals surface area contributed by atoms with Crippen LogP contribution < -0.4 is 16.6 Å². The number of nitrogens with one attached hydrogen (secondary N) is 2. The molecular formula is C15H25N3O2. The highest BCUT2D eigenvalue weighted by Crippen LogP contribution is 2.16. The standard InChI is InChI=1S/C15H25N3O2/c1-2-12-11-18(15(20)17-14(12)19)10-9-16-13-7-5-3-4-6-8-13/h11,13,16H,2-10H2,1H3,(H,17,19,20). The van der Waals surface area contributed by atoms with Gasteiger partial charge in [-0.15, -0.1) is 0 Å². The quantitative estimate of drug-likeness (QED) is 0.801. The number of nitrogens with zero attached hydrogens (tertiary/aromatic N) is 1. The number of hydrogen-bond donors (Lipinski definition) is 2. The molecule has 2 rings (SSSR count). The van der Waals surface area contributed by atoms with Gasteiger partial charge in [-0.25, -0.2) is 4.79 Å². The Bertz CT molecular complexity index is 525. The first-order chi connectivity index (χ1) is 9.70. The summed E-state index contributed by atoms with van der Waals surface area (Å²) >= 11 is 0. The molecule has 0 spiro atoms. The number of rotatable bonds is 5. The van der Waals surface area contributed by atoms with E-state index in [1.807, 2.05) is 6.92 Å². The lowest BCUT2D eigenvalue weighted by atomic mass is 10.1. The molecule has 1 aliphatic carbocycles. The smallest absolute Gasteiger partial charge is 0.312 e. The monoisotopic (exact) mass is 279 g/mol. The maximum Gasteiger partial charge on any atom is 0.328 e. The van der Waals surface area contributed by atoms with Crippen LogP contribution in [0.15, 0.2) is 15.8 Å². The highest BCUT2D eigenvalue weighted by molar-refractivity contribution is 5.03. The normalized spacial score (nSPS) is 17.1. The maximum absolute atomic E-state index is 11.7. The molecule has 5 heteroatoms.